The maximum absolute atomic E-state index is 11.3. The number of imidazole rings is 1. The Kier molecular flexibility index (Phi) is 3.50. The highest BCUT2D eigenvalue weighted by molar-refractivity contribution is 5.92. The lowest BCUT2D eigenvalue weighted by molar-refractivity contribution is -0.120. The molecule has 2 N–H and O–H groups in total. The number of aromatic carboxylic acids is 1. The molecule has 0 saturated heterocycles. The van der Waals surface area contributed by atoms with Crippen molar-refractivity contribution in [3.05, 3.63) is 29.6 Å². The molecule has 1 heterocycles. The largest absolute Gasteiger partial charge is 0.478 e. The lowest BCUT2D eigenvalue weighted by atomic mass is 10.2. The molecule has 6 heteroatoms. The molecule has 2 rings (SSSR count). The summed E-state index contributed by atoms with van der Waals surface area (Å²) < 4.78 is 1.91. The topological polar surface area (TPSA) is 84.2 Å². The van der Waals surface area contributed by atoms with E-state index < -0.39 is 5.97 Å². The number of rotatable bonds is 4. The fraction of sp³-hybridized carbons (Fsp3) is 0.308. The van der Waals surface area contributed by atoms with Crippen LogP contribution >= 0.6 is 0 Å². The molecular formula is C13H15N3O3. The van der Waals surface area contributed by atoms with Gasteiger partial charge in [0.25, 0.3) is 0 Å². The zero-order valence-electron chi connectivity index (χ0n) is 10.8. The number of carboxylic acids is 1. The summed E-state index contributed by atoms with van der Waals surface area (Å²) >= 11 is 0. The van der Waals surface area contributed by atoms with Crippen molar-refractivity contribution in [1.82, 2.24) is 14.9 Å². The smallest absolute Gasteiger partial charge is 0.335 e. The summed E-state index contributed by atoms with van der Waals surface area (Å²) in [5.74, 6) is -0.246. The maximum Gasteiger partial charge on any atom is 0.335 e. The van der Waals surface area contributed by atoms with E-state index in [1.165, 1.54) is 0 Å². The highest BCUT2D eigenvalue weighted by Crippen LogP contribution is 2.18. The van der Waals surface area contributed by atoms with Crippen LogP contribution in [0.5, 0.6) is 0 Å². The summed E-state index contributed by atoms with van der Waals surface area (Å²) in [6.07, 6.45) is 0.365. The Balaban J connectivity index is 2.36. The minimum Gasteiger partial charge on any atom is -0.478 e. The standard InChI is InChI=1S/C13H15N3O3/c1-8-15-10-7-9(13(18)19)3-4-11(10)16(8)6-5-12(17)14-2/h3-4,7H,5-6H2,1-2H3,(H,14,17)(H,18,19). The highest BCUT2D eigenvalue weighted by Gasteiger charge is 2.11. The van der Waals surface area contributed by atoms with Gasteiger partial charge in [0.1, 0.15) is 5.82 Å². The van der Waals surface area contributed by atoms with Crippen LogP contribution in [0.25, 0.3) is 11.0 Å². The molecule has 1 amide bonds. The van der Waals surface area contributed by atoms with E-state index in [-0.39, 0.29) is 11.5 Å². The molecule has 0 saturated carbocycles. The van der Waals surface area contributed by atoms with Crippen LogP contribution in [-0.4, -0.2) is 33.6 Å². The molecule has 0 bridgehead atoms. The van der Waals surface area contributed by atoms with Crippen LogP contribution in [0.4, 0.5) is 0 Å². The van der Waals surface area contributed by atoms with Gasteiger partial charge in [0.15, 0.2) is 0 Å². The van der Waals surface area contributed by atoms with Gasteiger partial charge in [0.2, 0.25) is 5.91 Å². The third-order valence-corrected chi connectivity index (χ3v) is 3.03. The lowest BCUT2D eigenvalue weighted by Gasteiger charge is -2.06. The zero-order chi connectivity index (χ0) is 14.0. The summed E-state index contributed by atoms with van der Waals surface area (Å²) in [5.41, 5.74) is 1.68. The van der Waals surface area contributed by atoms with Crippen LogP contribution in [0.2, 0.25) is 0 Å². The number of hydrogen-bond donors (Lipinski definition) is 2. The summed E-state index contributed by atoms with van der Waals surface area (Å²) in [6, 6.07) is 4.81. The van der Waals surface area contributed by atoms with Crippen molar-refractivity contribution in [3.8, 4) is 0 Å². The number of carbonyl (C=O) groups is 2. The number of aryl methyl sites for hydroxylation is 2. The number of aromatic nitrogens is 2. The van der Waals surface area contributed by atoms with Gasteiger partial charge < -0.3 is 15.0 Å². The van der Waals surface area contributed by atoms with Gasteiger partial charge in [-0.05, 0) is 25.1 Å². The number of nitrogens with one attached hydrogen (secondary N) is 1. The quantitative estimate of drug-likeness (QED) is 0.865. The van der Waals surface area contributed by atoms with Crippen molar-refractivity contribution in [2.45, 2.75) is 19.9 Å². The highest BCUT2D eigenvalue weighted by atomic mass is 16.4. The van der Waals surface area contributed by atoms with E-state index in [1.807, 2.05) is 11.5 Å². The normalized spacial score (nSPS) is 10.6. The molecule has 0 fully saturated rings. The molecule has 0 spiro atoms. The lowest BCUT2D eigenvalue weighted by Crippen LogP contribution is -2.19. The van der Waals surface area contributed by atoms with E-state index in [4.69, 9.17) is 5.11 Å². The van der Waals surface area contributed by atoms with Crippen LogP contribution in [0, 0.1) is 6.92 Å². The van der Waals surface area contributed by atoms with Crippen LogP contribution < -0.4 is 5.32 Å². The molecule has 19 heavy (non-hydrogen) atoms. The first kappa shape index (κ1) is 13.1. The average molecular weight is 261 g/mol. The predicted molar refractivity (Wildman–Crippen MR) is 70.1 cm³/mol. The number of carboxylic acid groups (broad SMARTS) is 1. The third kappa shape index (κ3) is 2.57. The van der Waals surface area contributed by atoms with Crippen LogP contribution in [-0.2, 0) is 11.3 Å². The van der Waals surface area contributed by atoms with Crippen molar-refractivity contribution in [1.29, 1.82) is 0 Å². The number of benzene rings is 1. The van der Waals surface area contributed by atoms with Crippen molar-refractivity contribution < 1.29 is 14.7 Å². The SMILES string of the molecule is CNC(=O)CCn1c(C)nc2cc(C(=O)O)ccc21. The van der Waals surface area contributed by atoms with E-state index >= 15 is 0 Å². The van der Waals surface area contributed by atoms with Gasteiger partial charge in [-0.2, -0.15) is 0 Å². The number of carbonyl (C=O) groups excluding carboxylic acids is 1. The first-order valence-corrected chi connectivity index (χ1v) is 5.93. The van der Waals surface area contributed by atoms with E-state index in [0.717, 1.165) is 11.3 Å². The molecule has 0 aliphatic carbocycles. The van der Waals surface area contributed by atoms with E-state index in [2.05, 4.69) is 10.3 Å². The minimum absolute atomic E-state index is 0.0385. The predicted octanol–water partition coefficient (Wildman–Crippen LogP) is 1.18. The van der Waals surface area contributed by atoms with Gasteiger partial charge in [-0.15, -0.1) is 0 Å². The zero-order valence-corrected chi connectivity index (χ0v) is 10.8. The Morgan fingerprint density at radius 3 is 2.79 bits per heavy atom. The maximum atomic E-state index is 11.3. The molecule has 6 nitrogen and oxygen atoms in total. The monoisotopic (exact) mass is 261 g/mol. The van der Waals surface area contributed by atoms with Crippen molar-refractivity contribution in [2.24, 2.45) is 0 Å². The molecule has 0 aliphatic rings. The summed E-state index contributed by atoms with van der Waals surface area (Å²) in [5, 5.41) is 11.5. The second kappa shape index (κ2) is 5.09. The summed E-state index contributed by atoms with van der Waals surface area (Å²) in [4.78, 5) is 26.5. The van der Waals surface area contributed by atoms with Crippen LogP contribution in [0.1, 0.15) is 22.6 Å². The van der Waals surface area contributed by atoms with E-state index in [0.29, 0.717) is 18.5 Å². The van der Waals surface area contributed by atoms with E-state index in [9.17, 15) is 9.59 Å². The molecule has 1 aromatic heterocycles. The average Bonchev–Trinajstić information content (AvgIpc) is 2.70. The van der Waals surface area contributed by atoms with E-state index in [1.54, 1.807) is 25.2 Å². The van der Waals surface area contributed by atoms with Crippen LogP contribution in [0.15, 0.2) is 18.2 Å². The minimum atomic E-state index is -0.973. The molecule has 2 aromatic rings. The van der Waals surface area contributed by atoms with Gasteiger partial charge in [-0.25, -0.2) is 9.78 Å². The molecule has 100 valence electrons. The second-order valence-corrected chi connectivity index (χ2v) is 4.24. The van der Waals surface area contributed by atoms with Gasteiger partial charge in [0, 0.05) is 20.0 Å². The van der Waals surface area contributed by atoms with Crippen molar-refractivity contribution in [2.75, 3.05) is 7.05 Å². The molecule has 0 atom stereocenters. The Morgan fingerprint density at radius 2 is 2.16 bits per heavy atom. The number of hydrogen-bond acceptors (Lipinski definition) is 3. The summed E-state index contributed by atoms with van der Waals surface area (Å²) in [7, 11) is 1.60. The van der Waals surface area contributed by atoms with Crippen molar-refractivity contribution in [3.63, 3.8) is 0 Å². The molecule has 0 aliphatic heterocycles. The Morgan fingerprint density at radius 1 is 1.42 bits per heavy atom. The summed E-state index contributed by atoms with van der Waals surface area (Å²) in [6.45, 7) is 2.36. The first-order chi connectivity index (χ1) is 9.02. The molecular weight excluding hydrogens is 246 g/mol. The fourth-order valence-corrected chi connectivity index (χ4v) is 2.00. The van der Waals surface area contributed by atoms with Crippen molar-refractivity contribution >= 4 is 22.9 Å². The van der Waals surface area contributed by atoms with Crippen LogP contribution in [0.3, 0.4) is 0 Å². The number of fused-ring (bicyclic) bond motifs is 1. The first-order valence-electron chi connectivity index (χ1n) is 5.93. The van der Waals surface area contributed by atoms with Gasteiger partial charge in [-0.1, -0.05) is 0 Å². The van der Waals surface area contributed by atoms with Gasteiger partial charge in [-0.3, -0.25) is 4.79 Å². The third-order valence-electron chi connectivity index (χ3n) is 3.03. The molecule has 0 radical (unpaired) electrons. The second-order valence-electron chi connectivity index (χ2n) is 4.24. The Hall–Kier alpha value is -2.37. The Bertz CT molecular complexity index is 646. The number of nitrogens with zero attached hydrogens (tertiary/aromatic N) is 2. The van der Waals surface area contributed by atoms with Gasteiger partial charge >= 0.3 is 5.97 Å². The fourth-order valence-electron chi connectivity index (χ4n) is 2.00. The Labute approximate surface area is 110 Å². The molecule has 0 unspecified atom stereocenters. The van der Waals surface area contributed by atoms with Gasteiger partial charge in [0.05, 0.1) is 16.6 Å². The molecule has 1 aromatic carbocycles. The number of amides is 1.